The molecule has 0 saturated heterocycles. The van der Waals surface area contributed by atoms with Crippen LogP contribution in [-0.2, 0) is 0 Å². The van der Waals surface area contributed by atoms with E-state index in [1.807, 2.05) is 0 Å². The number of carbonyl (C=O) groups is 1. The smallest absolute Gasteiger partial charge is 0.266 e. The summed E-state index contributed by atoms with van der Waals surface area (Å²) >= 11 is 0. The summed E-state index contributed by atoms with van der Waals surface area (Å²) in [6.45, 7) is 1.22. The lowest BCUT2D eigenvalue weighted by Crippen LogP contribution is -2.06. The number of rotatable bonds is 3. The molecule has 3 nitrogen and oxygen atoms in total. The van der Waals surface area contributed by atoms with E-state index in [9.17, 15) is 13.6 Å². The number of Topliss-reactive ketones (excluding diaryl/α,β-unsaturated/α-hetero) is 1. The summed E-state index contributed by atoms with van der Waals surface area (Å²) in [5.74, 6) is -0.296. The summed E-state index contributed by atoms with van der Waals surface area (Å²) in [5, 5.41) is 0. The molecule has 0 radical (unpaired) electrons. The lowest BCUT2D eigenvalue weighted by molar-refractivity contribution is 0.0999. The number of ketones is 1. The van der Waals surface area contributed by atoms with E-state index < -0.39 is 17.8 Å². The van der Waals surface area contributed by atoms with E-state index in [-0.39, 0.29) is 17.0 Å². The summed E-state index contributed by atoms with van der Waals surface area (Å²) in [6, 6.07) is 2.69. The van der Waals surface area contributed by atoms with Crippen LogP contribution in [0.1, 0.15) is 29.3 Å². The van der Waals surface area contributed by atoms with E-state index in [1.54, 1.807) is 0 Å². The van der Waals surface area contributed by atoms with Crippen molar-refractivity contribution in [3.8, 4) is 5.75 Å². The zero-order valence-corrected chi connectivity index (χ0v) is 8.38. The second-order valence-electron chi connectivity index (χ2n) is 3.00. The van der Waals surface area contributed by atoms with Gasteiger partial charge in [-0.2, -0.15) is 0 Å². The highest BCUT2D eigenvalue weighted by atomic mass is 19.3. The van der Waals surface area contributed by atoms with Gasteiger partial charge in [0.05, 0.1) is 18.4 Å². The first-order valence-electron chi connectivity index (χ1n) is 4.24. The third-order valence-corrected chi connectivity index (χ3v) is 2.06. The fraction of sp³-hybridized carbons (Fsp3) is 0.300. The molecule has 1 aromatic carbocycles. The maximum atomic E-state index is 12.7. The van der Waals surface area contributed by atoms with Gasteiger partial charge in [-0.3, -0.25) is 4.79 Å². The molecule has 0 aliphatic heterocycles. The number of methoxy groups -OCH3 is 1. The van der Waals surface area contributed by atoms with Crippen molar-refractivity contribution in [2.24, 2.45) is 0 Å². The highest BCUT2D eigenvalue weighted by molar-refractivity contribution is 5.97. The Morgan fingerprint density at radius 1 is 1.47 bits per heavy atom. The number of hydrogen-bond donors (Lipinski definition) is 1. The van der Waals surface area contributed by atoms with Crippen molar-refractivity contribution >= 4 is 11.5 Å². The lowest BCUT2D eigenvalue weighted by Gasteiger charge is -2.12. The number of nitrogen functional groups attached to an aromatic ring is 1. The van der Waals surface area contributed by atoms with Crippen molar-refractivity contribution in [1.29, 1.82) is 0 Å². The molecule has 0 unspecified atom stereocenters. The van der Waals surface area contributed by atoms with E-state index in [0.717, 1.165) is 0 Å². The predicted octanol–water partition coefficient (Wildman–Crippen LogP) is 2.42. The molecule has 5 heteroatoms. The molecule has 0 saturated carbocycles. The summed E-state index contributed by atoms with van der Waals surface area (Å²) in [6.07, 6.45) is -2.79. The molecule has 0 spiro atoms. The third kappa shape index (κ3) is 2.06. The van der Waals surface area contributed by atoms with Crippen LogP contribution in [0.5, 0.6) is 5.75 Å². The fourth-order valence-corrected chi connectivity index (χ4v) is 1.34. The van der Waals surface area contributed by atoms with Crippen molar-refractivity contribution in [3.63, 3.8) is 0 Å². The van der Waals surface area contributed by atoms with Crippen LogP contribution in [-0.4, -0.2) is 12.9 Å². The Morgan fingerprint density at radius 3 is 2.47 bits per heavy atom. The van der Waals surface area contributed by atoms with Crippen LogP contribution in [0.2, 0.25) is 0 Å². The summed E-state index contributed by atoms with van der Waals surface area (Å²) < 4.78 is 30.2. The van der Waals surface area contributed by atoms with Crippen molar-refractivity contribution in [3.05, 3.63) is 23.3 Å². The molecule has 0 fully saturated rings. The molecule has 0 aliphatic rings. The number of anilines is 1. The van der Waals surface area contributed by atoms with E-state index >= 15 is 0 Å². The number of halogens is 2. The van der Waals surface area contributed by atoms with Crippen molar-refractivity contribution < 1.29 is 18.3 Å². The van der Waals surface area contributed by atoms with Gasteiger partial charge in [0, 0.05) is 5.56 Å². The Morgan fingerprint density at radius 2 is 2.07 bits per heavy atom. The minimum atomic E-state index is -2.79. The van der Waals surface area contributed by atoms with E-state index in [1.165, 1.54) is 26.2 Å². The van der Waals surface area contributed by atoms with Crippen molar-refractivity contribution in [1.82, 2.24) is 0 Å². The first kappa shape index (κ1) is 11.4. The largest absolute Gasteiger partial charge is 0.495 e. The van der Waals surface area contributed by atoms with Gasteiger partial charge in [0.25, 0.3) is 6.43 Å². The maximum Gasteiger partial charge on any atom is 0.266 e. The summed E-state index contributed by atoms with van der Waals surface area (Å²) in [5.41, 5.74) is 4.77. The molecular formula is C10H11F2NO2. The van der Waals surface area contributed by atoms with E-state index in [4.69, 9.17) is 10.5 Å². The normalized spacial score (nSPS) is 10.5. The van der Waals surface area contributed by atoms with Gasteiger partial charge in [-0.25, -0.2) is 8.78 Å². The zero-order valence-electron chi connectivity index (χ0n) is 8.38. The van der Waals surface area contributed by atoms with Gasteiger partial charge in [-0.05, 0) is 19.1 Å². The predicted molar refractivity (Wildman–Crippen MR) is 52.4 cm³/mol. The first-order chi connectivity index (χ1) is 6.99. The molecule has 0 atom stereocenters. The number of benzene rings is 1. The molecule has 1 aromatic rings. The number of hydrogen-bond acceptors (Lipinski definition) is 3. The van der Waals surface area contributed by atoms with Crippen LogP contribution in [0.25, 0.3) is 0 Å². The van der Waals surface area contributed by atoms with Crippen LogP contribution >= 0.6 is 0 Å². The van der Waals surface area contributed by atoms with Crippen LogP contribution in [0.3, 0.4) is 0 Å². The SMILES string of the molecule is COc1ccc(C(C)=O)c(C(F)F)c1N. The molecule has 0 aromatic heterocycles. The molecule has 0 bridgehead atoms. The highest BCUT2D eigenvalue weighted by Crippen LogP contribution is 2.35. The second kappa shape index (κ2) is 4.25. The minimum Gasteiger partial charge on any atom is -0.495 e. The fourth-order valence-electron chi connectivity index (χ4n) is 1.34. The number of carbonyl (C=O) groups excluding carboxylic acids is 1. The summed E-state index contributed by atoms with van der Waals surface area (Å²) in [4.78, 5) is 11.1. The molecule has 0 aliphatic carbocycles. The van der Waals surface area contributed by atoms with Crippen molar-refractivity contribution in [2.75, 3.05) is 12.8 Å². The van der Waals surface area contributed by atoms with Gasteiger partial charge >= 0.3 is 0 Å². The van der Waals surface area contributed by atoms with Gasteiger partial charge in [0.2, 0.25) is 0 Å². The second-order valence-corrected chi connectivity index (χ2v) is 3.00. The third-order valence-electron chi connectivity index (χ3n) is 2.06. The average Bonchev–Trinajstić information content (AvgIpc) is 2.16. The quantitative estimate of drug-likeness (QED) is 0.622. The lowest BCUT2D eigenvalue weighted by atomic mass is 10.0. The molecule has 15 heavy (non-hydrogen) atoms. The van der Waals surface area contributed by atoms with Crippen LogP contribution in [0.4, 0.5) is 14.5 Å². The molecule has 0 heterocycles. The Kier molecular flexibility index (Phi) is 3.24. The van der Waals surface area contributed by atoms with Crippen molar-refractivity contribution in [2.45, 2.75) is 13.3 Å². The number of alkyl halides is 2. The Balaban J connectivity index is 3.44. The van der Waals surface area contributed by atoms with Gasteiger partial charge in [0.1, 0.15) is 5.75 Å². The van der Waals surface area contributed by atoms with Crippen LogP contribution in [0.15, 0.2) is 12.1 Å². The standard InChI is InChI=1S/C10H11F2NO2/c1-5(14)6-3-4-7(15-2)9(13)8(6)10(11)12/h3-4,10H,13H2,1-2H3. The molecular weight excluding hydrogens is 204 g/mol. The topological polar surface area (TPSA) is 52.3 Å². The van der Waals surface area contributed by atoms with E-state index in [0.29, 0.717) is 0 Å². The minimum absolute atomic E-state index is 0.0664. The van der Waals surface area contributed by atoms with Gasteiger partial charge < -0.3 is 10.5 Å². The number of nitrogens with two attached hydrogens (primary N) is 1. The monoisotopic (exact) mass is 215 g/mol. The maximum absolute atomic E-state index is 12.7. The van der Waals surface area contributed by atoms with E-state index in [2.05, 4.69) is 0 Å². The molecule has 0 amide bonds. The van der Waals surface area contributed by atoms with Crippen LogP contribution in [0, 0.1) is 0 Å². The summed E-state index contributed by atoms with van der Waals surface area (Å²) in [7, 11) is 1.33. The van der Waals surface area contributed by atoms with Crippen LogP contribution < -0.4 is 10.5 Å². The first-order valence-corrected chi connectivity index (χ1v) is 4.24. The van der Waals surface area contributed by atoms with Gasteiger partial charge in [-0.1, -0.05) is 0 Å². The molecule has 2 N–H and O–H groups in total. The highest BCUT2D eigenvalue weighted by Gasteiger charge is 2.21. The Labute approximate surface area is 85.8 Å². The van der Waals surface area contributed by atoms with Gasteiger partial charge in [0.15, 0.2) is 5.78 Å². The Bertz CT molecular complexity index is 391. The average molecular weight is 215 g/mol. The molecule has 82 valence electrons. The Hall–Kier alpha value is -1.65. The zero-order chi connectivity index (χ0) is 11.6. The number of ether oxygens (including phenoxy) is 1. The van der Waals surface area contributed by atoms with Gasteiger partial charge in [-0.15, -0.1) is 0 Å². The molecule has 1 rings (SSSR count).